The van der Waals surface area contributed by atoms with E-state index >= 15 is 0 Å². The van der Waals surface area contributed by atoms with Crippen LogP contribution in [0.1, 0.15) is 160 Å². The summed E-state index contributed by atoms with van der Waals surface area (Å²) in [6.45, 7) is 24.1. The Balaban J connectivity index is -0.000000543. The van der Waals surface area contributed by atoms with Crippen LogP contribution in [0.5, 0.6) is 0 Å². The molecule has 0 fully saturated rings. The summed E-state index contributed by atoms with van der Waals surface area (Å²) >= 11 is 0. The first-order chi connectivity index (χ1) is 19.6. The first-order valence-corrected chi connectivity index (χ1v) is 15.9. The summed E-state index contributed by atoms with van der Waals surface area (Å²) in [4.78, 5) is 32.1. The van der Waals surface area contributed by atoms with Crippen molar-refractivity contribution >= 4 is 17.3 Å². The monoisotopic (exact) mass is 583 g/mol. The first kappa shape index (κ1) is 43.9. The van der Waals surface area contributed by atoms with Crippen molar-refractivity contribution in [3.05, 3.63) is 69.9 Å². The molecule has 0 heterocycles. The Morgan fingerprint density at radius 2 is 0.500 bits per heavy atom. The molecule has 3 heteroatoms. The Morgan fingerprint density at radius 3 is 0.667 bits per heavy atom. The minimum absolute atomic E-state index is 0.276. The van der Waals surface area contributed by atoms with Crippen LogP contribution >= 0.6 is 0 Å². The van der Waals surface area contributed by atoms with Crippen LogP contribution in [0.4, 0.5) is 0 Å². The van der Waals surface area contributed by atoms with Crippen LogP contribution in [0.2, 0.25) is 0 Å². The van der Waals surface area contributed by atoms with Gasteiger partial charge in [-0.25, -0.2) is 0 Å². The number of carbonyl (C=O) groups excluding carboxylic acids is 3. The molecule has 0 N–H and O–H groups in total. The smallest absolute Gasteiger partial charge is 0.130 e. The van der Waals surface area contributed by atoms with Crippen LogP contribution in [0.3, 0.4) is 0 Å². The molecular formula is C39H66O3. The molecule has 0 amide bonds. The van der Waals surface area contributed by atoms with Crippen LogP contribution in [0, 0.1) is 0 Å². The highest BCUT2D eigenvalue weighted by atomic mass is 16.1. The second kappa shape index (κ2) is 29.9. The molecule has 0 rings (SSSR count). The molecule has 0 aliphatic rings. The number of rotatable bonds is 18. The molecular weight excluding hydrogens is 516 g/mol. The van der Waals surface area contributed by atoms with E-state index in [1.54, 1.807) is 20.8 Å². The molecule has 0 saturated carbocycles. The summed E-state index contributed by atoms with van der Waals surface area (Å²) in [6, 6.07) is 0. The number of hydrogen-bond acceptors (Lipinski definition) is 3. The third-order valence-corrected chi connectivity index (χ3v) is 6.24. The maximum atomic E-state index is 10.7. The summed E-state index contributed by atoms with van der Waals surface area (Å²) < 4.78 is 0. The van der Waals surface area contributed by atoms with Gasteiger partial charge < -0.3 is 14.4 Å². The molecule has 0 saturated heterocycles. The summed E-state index contributed by atoms with van der Waals surface area (Å²) in [6.07, 6.45) is 24.7. The van der Waals surface area contributed by atoms with Crippen LogP contribution in [0.25, 0.3) is 0 Å². The average molecular weight is 583 g/mol. The van der Waals surface area contributed by atoms with Crippen molar-refractivity contribution in [1.29, 1.82) is 0 Å². The lowest BCUT2D eigenvalue weighted by atomic mass is 10.1. The zero-order valence-electron chi connectivity index (χ0n) is 29.7. The maximum absolute atomic E-state index is 10.7. The Labute approximate surface area is 261 Å². The SMILES string of the molecule is CC(=O)CC/C=C(\C)CCC=C(C)C.CC(=O)CC/C=C(\C)CCC=C(C)C.CC(=O)CC/C=C(\C)CCC=C(C)C. The van der Waals surface area contributed by atoms with Gasteiger partial charge in [0.1, 0.15) is 17.3 Å². The second-order valence-corrected chi connectivity index (χ2v) is 12.3. The summed E-state index contributed by atoms with van der Waals surface area (Å²) in [7, 11) is 0. The molecule has 0 aromatic carbocycles. The summed E-state index contributed by atoms with van der Waals surface area (Å²) in [5, 5.41) is 0. The van der Waals surface area contributed by atoms with Crippen molar-refractivity contribution < 1.29 is 14.4 Å². The molecule has 0 unspecified atom stereocenters. The van der Waals surface area contributed by atoms with Crippen LogP contribution in [0.15, 0.2) is 69.9 Å². The lowest BCUT2D eigenvalue weighted by Gasteiger charge is -1.98. The lowest BCUT2D eigenvalue weighted by Crippen LogP contribution is -1.87. The Hall–Kier alpha value is -2.55. The minimum atomic E-state index is 0.276. The van der Waals surface area contributed by atoms with Gasteiger partial charge in [-0.15, -0.1) is 0 Å². The highest BCUT2D eigenvalue weighted by molar-refractivity contribution is 5.76. The van der Waals surface area contributed by atoms with Crippen LogP contribution in [-0.2, 0) is 14.4 Å². The number of Topliss-reactive ketones (excluding diaryl/α,β-unsaturated/α-hetero) is 3. The topological polar surface area (TPSA) is 51.2 Å². The minimum Gasteiger partial charge on any atom is -0.300 e. The predicted molar refractivity (Wildman–Crippen MR) is 187 cm³/mol. The third-order valence-electron chi connectivity index (χ3n) is 6.24. The van der Waals surface area contributed by atoms with Gasteiger partial charge in [0.2, 0.25) is 0 Å². The van der Waals surface area contributed by atoms with Crippen molar-refractivity contribution in [3.8, 4) is 0 Å². The van der Waals surface area contributed by atoms with Crippen LogP contribution < -0.4 is 0 Å². The third kappa shape index (κ3) is 44.5. The molecule has 0 aromatic heterocycles. The quantitative estimate of drug-likeness (QED) is 0.151. The Kier molecular flexibility index (Phi) is 31.3. The molecule has 0 atom stereocenters. The van der Waals surface area contributed by atoms with E-state index in [1.165, 1.54) is 33.4 Å². The fourth-order valence-corrected chi connectivity index (χ4v) is 3.64. The fourth-order valence-electron chi connectivity index (χ4n) is 3.64. The molecule has 0 aromatic rings. The molecule has 3 nitrogen and oxygen atoms in total. The molecule has 0 spiro atoms. The fraction of sp³-hybridized carbons (Fsp3) is 0.615. The van der Waals surface area contributed by atoms with E-state index in [1.807, 2.05) is 0 Å². The van der Waals surface area contributed by atoms with Gasteiger partial charge in [-0.05, 0) is 141 Å². The molecule has 240 valence electrons. The van der Waals surface area contributed by atoms with E-state index in [4.69, 9.17) is 0 Å². The van der Waals surface area contributed by atoms with Crippen molar-refractivity contribution in [2.75, 3.05) is 0 Å². The van der Waals surface area contributed by atoms with E-state index in [-0.39, 0.29) is 17.3 Å². The predicted octanol–water partition coefficient (Wildman–Crippen LogP) is 12.1. The lowest BCUT2D eigenvalue weighted by molar-refractivity contribution is -0.117. The zero-order valence-corrected chi connectivity index (χ0v) is 29.7. The second-order valence-electron chi connectivity index (χ2n) is 12.3. The van der Waals surface area contributed by atoms with E-state index in [2.05, 4.69) is 98.8 Å². The summed E-state index contributed by atoms with van der Waals surface area (Å²) in [5.41, 5.74) is 8.31. The van der Waals surface area contributed by atoms with E-state index in [0.29, 0.717) is 19.3 Å². The molecule has 0 radical (unpaired) electrons. The zero-order chi connectivity index (χ0) is 32.9. The maximum Gasteiger partial charge on any atom is 0.130 e. The first-order valence-electron chi connectivity index (χ1n) is 15.9. The van der Waals surface area contributed by atoms with Gasteiger partial charge in [0.15, 0.2) is 0 Å². The largest absolute Gasteiger partial charge is 0.300 e. The van der Waals surface area contributed by atoms with Crippen molar-refractivity contribution in [2.24, 2.45) is 0 Å². The normalized spacial score (nSPS) is 11.3. The number of allylic oxidation sites excluding steroid dienone is 12. The molecule has 0 aliphatic carbocycles. The average Bonchev–Trinajstić information content (AvgIpc) is 2.83. The molecule has 42 heavy (non-hydrogen) atoms. The van der Waals surface area contributed by atoms with Crippen LogP contribution in [-0.4, -0.2) is 17.3 Å². The molecule has 0 aliphatic heterocycles. The van der Waals surface area contributed by atoms with Gasteiger partial charge in [0.25, 0.3) is 0 Å². The highest BCUT2D eigenvalue weighted by Gasteiger charge is 1.94. The van der Waals surface area contributed by atoms with E-state index < -0.39 is 0 Å². The van der Waals surface area contributed by atoms with Gasteiger partial charge in [-0.3, -0.25) is 0 Å². The van der Waals surface area contributed by atoms with Gasteiger partial charge in [-0.2, -0.15) is 0 Å². The van der Waals surface area contributed by atoms with Crippen molar-refractivity contribution in [3.63, 3.8) is 0 Å². The number of ketones is 3. The van der Waals surface area contributed by atoms with Gasteiger partial charge in [-0.1, -0.05) is 69.9 Å². The van der Waals surface area contributed by atoms with Gasteiger partial charge >= 0.3 is 0 Å². The van der Waals surface area contributed by atoms with E-state index in [0.717, 1.165) is 57.8 Å². The Morgan fingerprint density at radius 1 is 0.310 bits per heavy atom. The molecule has 0 bridgehead atoms. The van der Waals surface area contributed by atoms with E-state index in [9.17, 15) is 14.4 Å². The highest BCUT2D eigenvalue weighted by Crippen LogP contribution is 2.10. The number of carbonyl (C=O) groups is 3. The Bertz CT molecular complexity index is 812. The van der Waals surface area contributed by atoms with Crippen molar-refractivity contribution in [1.82, 2.24) is 0 Å². The standard InChI is InChI=1S/3C13H22O/c3*1-11(2)7-5-8-12(3)9-6-10-13(4)14/h3*7,9H,5-6,8,10H2,1-4H3/b3*12-9+. The summed E-state index contributed by atoms with van der Waals surface area (Å²) in [5.74, 6) is 0.829. The van der Waals surface area contributed by atoms with Gasteiger partial charge in [0, 0.05) is 19.3 Å². The van der Waals surface area contributed by atoms with Gasteiger partial charge in [0.05, 0.1) is 0 Å². The number of hydrogen-bond donors (Lipinski definition) is 0. The van der Waals surface area contributed by atoms with Crippen molar-refractivity contribution in [2.45, 2.75) is 160 Å².